The fraction of sp³-hybridized carbons (Fsp3) is 0.167. The van der Waals surface area contributed by atoms with Crippen molar-refractivity contribution in [1.82, 2.24) is 0 Å². The third-order valence-electron chi connectivity index (χ3n) is 5.31. The summed E-state index contributed by atoms with van der Waals surface area (Å²) in [6, 6.07) is 21.9. The zero-order valence-electron chi connectivity index (χ0n) is 16.6. The Labute approximate surface area is 174 Å². The number of hydrogen-bond donors (Lipinski definition) is 1. The van der Waals surface area contributed by atoms with Gasteiger partial charge in [0.25, 0.3) is 0 Å². The van der Waals surface area contributed by atoms with Crippen LogP contribution in [0.3, 0.4) is 0 Å². The standard InChI is InChI=1S/C24H21NO5/c1-28-17-11-7-15(8-12-17)21(22-19-5-3-4-6-20(19)30-24(22)26)23(25-27)16-9-13-18(29-2)14-10-16/h3-14,21-22,27H,1-2H3/b25-23-/t21-,22+/m1/s1. The van der Waals surface area contributed by atoms with Crippen molar-refractivity contribution >= 4 is 11.7 Å². The lowest BCUT2D eigenvalue weighted by atomic mass is 9.77. The second-order valence-electron chi connectivity index (χ2n) is 6.90. The molecule has 1 heterocycles. The SMILES string of the molecule is COc1ccc(/C(=N/O)[C@H](c2ccc(OC)cc2)[C@H]2C(=O)Oc3ccccc32)cc1. The maximum Gasteiger partial charge on any atom is 0.320 e. The Hall–Kier alpha value is -3.80. The Balaban J connectivity index is 1.85. The molecule has 0 radical (unpaired) electrons. The fourth-order valence-corrected chi connectivity index (χ4v) is 3.83. The topological polar surface area (TPSA) is 77.4 Å². The van der Waals surface area contributed by atoms with Gasteiger partial charge in [-0.2, -0.15) is 0 Å². The lowest BCUT2D eigenvalue weighted by Crippen LogP contribution is -2.26. The van der Waals surface area contributed by atoms with E-state index in [2.05, 4.69) is 5.16 Å². The summed E-state index contributed by atoms with van der Waals surface area (Å²) in [6.45, 7) is 0. The highest BCUT2D eigenvalue weighted by Crippen LogP contribution is 2.45. The van der Waals surface area contributed by atoms with E-state index in [4.69, 9.17) is 14.2 Å². The van der Waals surface area contributed by atoms with Crippen LogP contribution in [0.2, 0.25) is 0 Å². The minimum atomic E-state index is -0.650. The lowest BCUT2D eigenvalue weighted by Gasteiger charge is -2.23. The van der Waals surface area contributed by atoms with E-state index in [-0.39, 0.29) is 5.97 Å². The maximum atomic E-state index is 12.9. The fourth-order valence-electron chi connectivity index (χ4n) is 3.83. The number of oxime groups is 1. The molecule has 2 atom stereocenters. The van der Waals surface area contributed by atoms with Gasteiger partial charge >= 0.3 is 5.97 Å². The van der Waals surface area contributed by atoms with Crippen LogP contribution in [0.4, 0.5) is 0 Å². The van der Waals surface area contributed by atoms with Crippen molar-refractivity contribution in [3.63, 3.8) is 0 Å². The highest BCUT2D eigenvalue weighted by atomic mass is 16.5. The maximum absolute atomic E-state index is 12.9. The van der Waals surface area contributed by atoms with E-state index in [0.29, 0.717) is 28.5 Å². The van der Waals surface area contributed by atoms with Gasteiger partial charge < -0.3 is 19.4 Å². The van der Waals surface area contributed by atoms with Gasteiger partial charge in [-0.25, -0.2) is 0 Å². The highest BCUT2D eigenvalue weighted by molar-refractivity contribution is 6.08. The molecule has 0 spiro atoms. The van der Waals surface area contributed by atoms with Crippen LogP contribution in [0.25, 0.3) is 0 Å². The third kappa shape index (κ3) is 3.48. The molecule has 6 heteroatoms. The van der Waals surface area contributed by atoms with Crippen LogP contribution >= 0.6 is 0 Å². The number of esters is 1. The first kappa shape index (κ1) is 19.5. The molecule has 0 unspecified atom stereocenters. The molecular weight excluding hydrogens is 382 g/mol. The van der Waals surface area contributed by atoms with Gasteiger partial charge in [-0.1, -0.05) is 35.5 Å². The van der Waals surface area contributed by atoms with Gasteiger partial charge in [0.2, 0.25) is 0 Å². The Morgan fingerprint density at radius 3 is 2.13 bits per heavy atom. The summed E-state index contributed by atoms with van der Waals surface area (Å²) in [6.07, 6.45) is 0. The molecule has 6 nitrogen and oxygen atoms in total. The summed E-state index contributed by atoms with van der Waals surface area (Å²) < 4.78 is 16.0. The second kappa shape index (κ2) is 8.29. The molecule has 1 aliphatic heterocycles. The number of carbonyl (C=O) groups excluding carboxylic acids is 1. The number of carbonyl (C=O) groups is 1. The van der Waals surface area contributed by atoms with Gasteiger partial charge in [0.05, 0.1) is 25.8 Å². The van der Waals surface area contributed by atoms with E-state index < -0.39 is 11.8 Å². The summed E-state index contributed by atoms with van der Waals surface area (Å²) in [7, 11) is 3.18. The normalized spacial score (nSPS) is 16.5. The van der Waals surface area contributed by atoms with Crippen molar-refractivity contribution in [1.29, 1.82) is 0 Å². The zero-order chi connectivity index (χ0) is 21.1. The van der Waals surface area contributed by atoms with Crippen molar-refractivity contribution in [2.24, 2.45) is 5.16 Å². The largest absolute Gasteiger partial charge is 0.497 e. The van der Waals surface area contributed by atoms with Gasteiger partial charge in [-0.15, -0.1) is 0 Å². The smallest absolute Gasteiger partial charge is 0.320 e. The van der Waals surface area contributed by atoms with Crippen molar-refractivity contribution in [3.8, 4) is 17.2 Å². The number of ether oxygens (including phenoxy) is 3. The lowest BCUT2D eigenvalue weighted by molar-refractivity contribution is -0.134. The van der Waals surface area contributed by atoms with Crippen LogP contribution in [-0.4, -0.2) is 31.1 Å². The average molecular weight is 403 g/mol. The molecule has 0 fully saturated rings. The Morgan fingerprint density at radius 1 is 0.933 bits per heavy atom. The molecule has 1 N–H and O–H groups in total. The predicted octanol–water partition coefficient (Wildman–Crippen LogP) is 4.37. The van der Waals surface area contributed by atoms with E-state index in [9.17, 15) is 10.0 Å². The Bertz CT molecular complexity index is 1070. The number of rotatable bonds is 6. The Kier molecular flexibility index (Phi) is 5.39. The molecule has 152 valence electrons. The predicted molar refractivity (Wildman–Crippen MR) is 112 cm³/mol. The molecule has 0 amide bonds. The van der Waals surface area contributed by atoms with Crippen LogP contribution in [0.5, 0.6) is 17.2 Å². The molecular formula is C24H21NO5. The molecule has 0 bridgehead atoms. The van der Waals surface area contributed by atoms with Crippen LogP contribution < -0.4 is 14.2 Å². The van der Waals surface area contributed by atoms with E-state index in [0.717, 1.165) is 11.1 Å². The zero-order valence-corrected chi connectivity index (χ0v) is 16.6. The molecule has 0 saturated carbocycles. The van der Waals surface area contributed by atoms with Crippen molar-refractivity contribution in [2.45, 2.75) is 11.8 Å². The number of para-hydroxylation sites is 1. The molecule has 3 aromatic carbocycles. The van der Waals surface area contributed by atoms with Crippen LogP contribution in [0.15, 0.2) is 78.0 Å². The van der Waals surface area contributed by atoms with Gasteiger partial charge in [0.1, 0.15) is 17.2 Å². The van der Waals surface area contributed by atoms with E-state index in [1.807, 2.05) is 42.5 Å². The summed E-state index contributed by atoms with van der Waals surface area (Å²) in [5, 5.41) is 13.6. The molecule has 1 aliphatic rings. The van der Waals surface area contributed by atoms with E-state index in [1.165, 1.54) is 0 Å². The minimum Gasteiger partial charge on any atom is -0.497 e. The average Bonchev–Trinajstić information content (AvgIpc) is 3.13. The first-order valence-electron chi connectivity index (χ1n) is 9.47. The minimum absolute atomic E-state index is 0.362. The summed E-state index contributed by atoms with van der Waals surface area (Å²) in [4.78, 5) is 12.9. The van der Waals surface area contributed by atoms with Gasteiger partial charge in [0, 0.05) is 17.0 Å². The molecule has 4 rings (SSSR count). The van der Waals surface area contributed by atoms with Gasteiger partial charge in [-0.05, 0) is 48.0 Å². The third-order valence-corrected chi connectivity index (χ3v) is 5.31. The van der Waals surface area contributed by atoms with E-state index in [1.54, 1.807) is 44.6 Å². The summed E-state index contributed by atoms with van der Waals surface area (Å²) >= 11 is 0. The molecule has 3 aromatic rings. The van der Waals surface area contributed by atoms with Crippen molar-refractivity contribution < 1.29 is 24.2 Å². The van der Waals surface area contributed by atoms with E-state index >= 15 is 0 Å². The number of nitrogens with zero attached hydrogens (tertiary/aromatic N) is 1. The van der Waals surface area contributed by atoms with Gasteiger partial charge in [-0.3, -0.25) is 4.79 Å². The molecule has 30 heavy (non-hydrogen) atoms. The number of methoxy groups -OCH3 is 2. The molecule has 0 saturated heterocycles. The molecule has 0 aliphatic carbocycles. The summed E-state index contributed by atoms with van der Waals surface area (Å²) in [5.41, 5.74) is 2.61. The van der Waals surface area contributed by atoms with Crippen molar-refractivity contribution in [3.05, 3.63) is 89.5 Å². The number of benzene rings is 3. The highest BCUT2D eigenvalue weighted by Gasteiger charge is 2.42. The van der Waals surface area contributed by atoms with Crippen LogP contribution in [0, 0.1) is 0 Å². The molecule has 0 aromatic heterocycles. The number of fused-ring (bicyclic) bond motifs is 1. The number of hydrogen-bond acceptors (Lipinski definition) is 6. The Morgan fingerprint density at radius 2 is 1.53 bits per heavy atom. The first-order valence-corrected chi connectivity index (χ1v) is 9.47. The quantitative estimate of drug-likeness (QED) is 0.217. The van der Waals surface area contributed by atoms with Crippen molar-refractivity contribution in [2.75, 3.05) is 14.2 Å². The first-order chi connectivity index (χ1) is 14.7. The second-order valence-corrected chi connectivity index (χ2v) is 6.90. The van der Waals surface area contributed by atoms with Crippen LogP contribution in [0.1, 0.15) is 28.5 Å². The summed E-state index contributed by atoms with van der Waals surface area (Å²) in [5.74, 6) is 0.305. The monoisotopic (exact) mass is 403 g/mol. The van der Waals surface area contributed by atoms with Gasteiger partial charge in [0.15, 0.2) is 0 Å². The van der Waals surface area contributed by atoms with Crippen LogP contribution in [-0.2, 0) is 4.79 Å².